The Kier molecular flexibility index (Phi) is 10.8. The van der Waals surface area contributed by atoms with Crippen molar-refractivity contribution in [2.75, 3.05) is 38.2 Å². The number of benzene rings is 2. The molecule has 41 heavy (non-hydrogen) atoms. The number of rotatable bonds is 9. The lowest BCUT2D eigenvalue weighted by Crippen LogP contribution is -2.35. The van der Waals surface area contributed by atoms with Crippen molar-refractivity contribution in [2.24, 2.45) is 0 Å². The molecule has 2 N–H and O–H groups in total. The Balaban J connectivity index is 1.47. The molecule has 9 heteroatoms. The fourth-order valence-corrected chi connectivity index (χ4v) is 4.12. The Hall–Kier alpha value is -4.26. The number of aromatic nitrogens is 2. The molecule has 1 saturated heterocycles. The molecule has 1 aliphatic rings. The van der Waals surface area contributed by atoms with Crippen LogP contribution in [0.4, 0.5) is 10.7 Å². The monoisotopic (exact) mass is 555 g/mol. The van der Waals surface area contributed by atoms with Crippen molar-refractivity contribution in [1.29, 1.82) is 0 Å². The summed E-state index contributed by atoms with van der Waals surface area (Å²) < 4.78 is 10.8. The Bertz CT molecular complexity index is 1370. The second-order valence-electron chi connectivity index (χ2n) is 10.1. The van der Waals surface area contributed by atoms with E-state index in [1.54, 1.807) is 6.07 Å². The van der Waals surface area contributed by atoms with E-state index in [-0.39, 0.29) is 17.7 Å². The van der Waals surface area contributed by atoms with Crippen LogP contribution in [0.25, 0.3) is 11.3 Å². The van der Waals surface area contributed by atoms with Crippen molar-refractivity contribution in [3.8, 4) is 23.1 Å². The predicted molar refractivity (Wildman–Crippen MR) is 158 cm³/mol. The second-order valence-corrected chi connectivity index (χ2v) is 10.1. The molecule has 2 aromatic carbocycles. The van der Waals surface area contributed by atoms with Crippen molar-refractivity contribution >= 4 is 17.9 Å². The SMILES string of the molecule is CCCCOC(=O)c1cc(-c2ccc(C#Cc3ccc(CN4CCOCC4)cc3)cc2)nc(NC(=O)NC(C)C)n1. The van der Waals surface area contributed by atoms with Gasteiger partial charge < -0.3 is 14.8 Å². The van der Waals surface area contributed by atoms with Crippen LogP contribution < -0.4 is 10.6 Å². The van der Waals surface area contributed by atoms with Crippen LogP contribution in [0.5, 0.6) is 0 Å². The summed E-state index contributed by atoms with van der Waals surface area (Å²) in [5, 5.41) is 5.34. The minimum Gasteiger partial charge on any atom is -0.461 e. The van der Waals surface area contributed by atoms with E-state index in [2.05, 4.69) is 49.5 Å². The third kappa shape index (κ3) is 9.41. The van der Waals surface area contributed by atoms with Gasteiger partial charge in [0.15, 0.2) is 5.69 Å². The first kappa shape index (κ1) is 29.7. The van der Waals surface area contributed by atoms with Gasteiger partial charge in [-0.25, -0.2) is 19.6 Å². The number of esters is 1. The van der Waals surface area contributed by atoms with Crippen LogP contribution >= 0.6 is 0 Å². The zero-order chi connectivity index (χ0) is 29.0. The van der Waals surface area contributed by atoms with Gasteiger partial charge in [-0.2, -0.15) is 0 Å². The Labute approximate surface area is 241 Å². The van der Waals surface area contributed by atoms with E-state index < -0.39 is 12.0 Å². The lowest BCUT2D eigenvalue weighted by atomic mass is 10.1. The van der Waals surface area contributed by atoms with Crippen LogP contribution in [0.3, 0.4) is 0 Å². The summed E-state index contributed by atoms with van der Waals surface area (Å²) in [7, 11) is 0. The van der Waals surface area contributed by atoms with Crippen LogP contribution in [0, 0.1) is 11.8 Å². The van der Waals surface area contributed by atoms with Gasteiger partial charge in [-0.05, 0) is 56.2 Å². The zero-order valence-corrected chi connectivity index (χ0v) is 23.9. The normalized spacial score (nSPS) is 13.3. The van der Waals surface area contributed by atoms with Crippen LogP contribution in [0.15, 0.2) is 54.6 Å². The molecule has 0 atom stereocenters. The maximum atomic E-state index is 12.6. The molecule has 0 spiro atoms. The fourth-order valence-electron chi connectivity index (χ4n) is 4.12. The minimum atomic E-state index is -0.562. The highest BCUT2D eigenvalue weighted by Gasteiger charge is 2.16. The van der Waals surface area contributed by atoms with E-state index in [4.69, 9.17) is 9.47 Å². The third-order valence-electron chi connectivity index (χ3n) is 6.31. The maximum Gasteiger partial charge on any atom is 0.357 e. The number of anilines is 1. The maximum absolute atomic E-state index is 12.6. The number of carbonyl (C=O) groups is 2. The molecule has 1 fully saturated rings. The first-order chi connectivity index (χ1) is 19.9. The van der Waals surface area contributed by atoms with Crippen LogP contribution in [-0.4, -0.2) is 65.8 Å². The predicted octanol–water partition coefficient (Wildman–Crippen LogP) is 4.86. The second kappa shape index (κ2) is 14.9. The molecule has 1 aliphatic heterocycles. The van der Waals surface area contributed by atoms with Crippen molar-refractivity contribution in [3.63, 3.8) is 0 Å². The van der Waals surface area contributed by atoms with Gasteiger partial charge >= 0.3 is 12.0 Å². The van der Waals surface area contributed by atoms with Gasteiger partial charge in [-0.3, -0.25) is 10.2 Å². The number of unbranched alkanes of at least 4 members (excludes halogenated alkanes) is 1. The number of hydrogen-bond acceptors (Lipinski definition) is 7. The van der Waals surface area contributed by atoms with E-state index >= 15 is 0 Å². The van der Waals surface area contributed by atoms with Gasteiger partial charge in [0, 0.05) is 42.4 Å². The largest absolute Gasteiger partial charge is 0.461 e. The van der Waals surface area contributed by atoms with Crippen LogP contribution in [0.2, 0.25) is 0 Å². The third-order valence-corrected chi connectivity index (χ3v) is 6.31. The number of carbonyl (C=O) groups excluding carboxylic acids is 2. The minimum absolute atomic E-state index is 0.0176. The molecular formula is C32H37N5O4. The van der Waals surface area contributed by atoms with Crippen molar-refractivity contribution in [3.05, 3.63) is 77.0 Å². The Morgan fingerprint density at radius 3 is 2.29 bits per heavy atom. The Morgan fingerprint density at radius 1 is 1.00 bits per heavy atom. The summed E-state index contributed by atoms with van der Waals surface area (Å²) in [6.07, 6.45) is 1.66. The molecule has 3 aromatic rings. The number of morpholine rings is 1. The molecular weight excluding hydrogens is 518 g/mol. The first-order valence-corrected chi connectivity index (χ1v) is 14.0. The van der Waals surface area contributed by atoms with Gasteiger partial charge in [0.1, 0.15) is 0 Å². The van der Waals surface area contributed by atoms with Gasteiger partial charge in [0.2, 0.25) is 5.95 Å². The van der Waals surface area contributed by atoms with Crippen molar-refractivity contribution in [2.45, 2.75) is 46.2 Å². The quantitative estimate of drug-likeness (QED) is 0.221. The van der Waals surface area contributed by atoms with Crippen molar-refractivity contribution in [1.82, 2.24) is 20.2 Å². The average molecular weight is 556 g/mol. The van der Waals surface area contributed by atoms with Gasteiger partial charge in [0.05, 0.1) is 25.5 Å². The number of hydrogen-bond donors (Lipinski definition) is 2. The highest BCUT2D eigenvalue weighted by Crippen LogP contribution is 2.21. The van der Waals surface area contributed by atoms with Crippen LogP contribution in [-0.2, 0) is 16.0 Å². The number of ether oxygens (including phenoxy) is 2. The van der Waals surface area contributed by atoms with Gasteiger partial charge in [-0.1, -0.05) is 49.5 Å². The molecule has 2 heterocycles. The van der Waals surface area contributed by atoms with E-state index in [0.29, 0.717) is 12.3 Å². The number of amides is 2. The van der Waals surface area contributed by atoms with Gasteiger partial charge in [-0.15, -0.1) is 0 Å². The van der Waals surface area contributed by atoms with Crippen molar-refractivity contribution < 1.29 is 19.1 Å². The summed E-state index contributed by atoms with van der Waals surface area (Å²) in [5.74, 6) is 5.88. The van der Waals surface area contributed by atoms with Gasteiger partial charge in [0.25, 0.3) is 0 Å². The highest BCUT2D eigenvalue weighted by molar-refractivity contribution is 5.91. The van der Waals surface area contributed by atoms with E-state index in [0.717, 1.165) is 62.4 Å². The molecule has 0 bridgehead atoms. The summed E-state index contributed by atoms with van der Waals surface area (Å²) in [5.41, 5.74) is 4.35. The van der Waals surface area contributed by atoms with E-state index in [9.17, 15) is 9.59 Å². The molecule has 1 aromatic heterocycles. The highest BCUT2D eigenvalue weighted by atomic mass is 16.5. The molecule has 0 unspecified atom stereocenters. The Morgan fingerprint density at radius 2 is 1.66 bits per heavy atom. The molecule has 0 saturated carbocycles. The van der Waals surface area contributed by atoms with E-state index in [1.165, 1.54) is 5.56 Å². The lowest BCUT2D eigenvalue weighted by molar-refractivity contribution is 0.0342. The summed E-state index contributed by atoms with van der Waals surface area (Å²) >= 11 is 0. The summed E-state index contributed by atoms with van der Waals surface area (Å²) in [4.78, 5) is 36.0. The lowest BCUT2D eigenvalue weighted by Gasteiger charge is -2.26. The topological polar surface area (TPSA) is 106 Å². The molecule has 0 radical (unpaired) electrons. The van der Waals surface area contributed by atoms with E-state index in [1.807, 2.05) is 57.2 Å². The zero-order valence-electron chi connectivity index (χ0n) is 23.9. The summed E-state index contributed by atoms with van der Waals surface area (Å²) in [6.45, 7) is 10.4. The summed E-state index contributed by atoms with van der Waals surface area (Å²) in [6, 6.07) is 16.9. The first-order valence-electron chi connectivity index (χ1n) is 14.0. The number of nitrogens with zero attached hydrogens (tertiary/aromatic N) is 3. The standard InChI is InChI=1S/C32H37N5O4/c1-4-5-18-41-30(38)29-21-28(34-31(35-29)36-32(39)33-23(2)3)27-14-12-25(13-15-27)7-6-24-8-10-26(11-9-24)22-37-16-19-40-20-17-37/h8-15,21,23H,4-5,16-20,22H2,1-3H3,(H2,33,34,35,36,39). The molecule has 0 aliphatic carbocycles. The number of urea groups is 1. The average Bonchev–Trinajstić information content (AvgIpc) is 2.97. The fraction of sp³-hybridized carbons (Fsp3) is 0.375. The smallest absolute Gasteiger partial charge is 0.357 e. The van der Waals surface area contributed by atoms with Crippen LogP contribution in [0.1, 0.15) is 60.8 Å². The molecule has 4 rings (SSSR count). The number of nitrogens with one attached hydrogen (secondary N) is 2. The molecule has 9 nitrogen and oxygen atoms in total. The molecule has 214 valence electrons. The molecule has 2 amide bonds.